The number of nitrogens with one attached hydrogen (secondary N) is 1. The lowest BCUT2D eigenvalue weighted by Gasteiger charge is -2.31. The number of nitrogens with zero attached hydrogens (tertiary/aromatic N) is 4. The molecule has 1 aliphatic rings. The molecule has 230 valence electrons. The van der Waals surface area contributed by atoms with E-state index in [1.807, 2.05) is 64.4 Å². The summed E-state index contributed by atoms with van der Waals surface area (Å²) in [7, 11) is 0. The highest BCUT2D eigenvalue weighted by atomic mass is 16.5. The number of aromatic nitrogens is 3. The van der Waals surface area contributed by atoms with Gasteiger partial charge in [-0.05, 0) is 92.1 Å². The molecule has 0 aliphatic carbocycles. The normalized spacial score (nSPS) is 12.6. The molecule has 1 N–H and O–H groups in total. The van der Waals surface area contributed by atoms with Crippen LogP contribution in [0, 0.1) is 20.8 Å². The van der Waals surface area contributed by atoms with Gasteiger partial charge in [0.15, 0.2) is 0 Å². The lowest BCUT2D eigenvalue weighted by molar-refractivity contribution is -0.118. The van der Waals surface area contributed by atoms with E-state index < -0.39 is 0 Å². The Labute approximate surface area is 262 Å². The monoisotopic (exact) mass is 603 g/mol. The molecular weight excluding hydrogens is 566 g/mol. The molecule has 2 aromatic heterocycles. The van der Waals surface area contributed by atoms with Gasteiger partial charge in [-0.3, -0.25) is 19.6 Å². The number of benzene rings is 3. The highest BCUT2D eigenvalue weighted by molar-refractivity contribution is 6.03. The van der Waals surface area contributed by atoms with E-state index in [1.165, 1.54) is 11.1 Å². The second-order valence-electron chi connectivity index (χ2n) is 11.5. The molecule has 0 fully saturated rings. The predicted octanol–water partition coefficient (Wildman–Crippen LogP) is 6.90. The van der Waals surface area contributed by atoms with E-state index in [0.29, 0.717) is 49.7 Å². The first-order chi connectivity index (χ1) is 21.9. The summed E-state index contributed by atoms with van der Waals surface area (Å²) in [6.07, 6.45) is 6.78. The fraction of sp³-hybridized carbons (Fsp3) is 0.278. The molecule has 0 saturated carbocycles. The first-order valence-electron chi connectivity index (χ1n) is 15.3. The van der Waals surface area contributed by atoms with Crippen molar-refractivity contribution in [1.82, 2.24) is 14.9 Å². The smallest absolute Gasteiger partial charge is 0.258 e. The number of fused-ring (bicyclic) bond motifs is 1. The van der Waals surface area contributed by atoms with Crippen molar-refractivity contribution in [2.24, 2.45) is 0 Å². The molecular formula is C36H37N5O4. The van der Waals surface area contributed by atoms with Crippen molar-refractivity contribution in [3.05, 3.63) is 113 Å². The quantitative estimate of drug-likeness (QED) is 0.174. The average Bonchev–Trinajstić information content (AvgIpc) is 3.69. The van der Waals surface area contributed by atoms with E-state index >= 15 is 0 Å². The van der Waals surface area contributed by atoms with Crippen LogP contribution in [0.3, 0.4) is 0 Å². The summed E-state index contributed by atoms with van der Waals surface area (Å²) in [5.41, 5.74) is 8.73. The molecule has 0 spiro atoms. The van der Waals surface area contributed by atoms with Gasteiger partial charge in [-0.25, -0.2) is 0 Å². The molecule has 0 radical (unpaired) electrons. The third-order valence-electron chi connectivity index (χ3n) is 8.24. The number of ether oxygens (including phenoxy) is 1. The molecule has 5 aromatic rings. The fourth-order valence-corrected chi connectivity index (χ4v) is 5.77. The third kappa shape index (κ3) is 6.82. The van der Waals surface area contributed by atoms with Crippen molar-refractivity contribution in [2.45, 2.75) is 53.0 Å². The highest BCUT2D eigenvalue weighted by Gasteiger charge is 2.25. The van der Waals surface area contributed by atoms with Crippen molar-refractivity contribution in [3.8, 4) is 16.9 Å². The zero-order valence-corrected chi connectivity index (χ0v) is 25.9. The van der Waals surface area contributed by atoms with E-state index in [4.69, 9.17) is 9.26 Å². The minimum Gasteiger partial charge on any atom is -0.493 e. The van der Waals surface area contributed by atoms with Gasteiger partial charge in [-0.2, -0.15) is 5.10 Å². The van der Waals surface area contributed by atoms with Gasteiger partial charge in [0, 0.05) is 42.0 Å². The molecule has 6 rings (SSSR count). The predicted molar refractivity (Wildman–Crippen MR) is 174 cm³/mol. The Morgan fingerprint density at radius 1 is 1.02 bits per heavy atom. The van der Waals surface area contributed by atoms with Crippen LogP contribution in [-0.2, 0) is 17.8 Å². The standard InChI is InChI=1S/C36H37N5O4/c1-24-9-4-15-33(26(24)3)44-18-8-16-35(42)41-17-7-13-31-30(12-6-14-32(31)41)29-21-37-40(23-29)22-27-10-5-11-28(20-27)36(43)38-34-19-25(2)39-45-34/h4-6,9-12,14-15,19-21,23H,7-8,13,16-18,22H2,1-3H3,(H,38,43). The number of carbonyl (C=O) groups excluding carboxylic acids is 2. The van der Waals surface area contributed by atoms with Crippen molar-refractivity contribution in [1.29, 1.82) is 0 Å². The van der Waals surface area contributed by atoms with Crippen molar-refractivity contribution < 1.29 is 18.8 Å². The summed E-state index contributed by atoms with van der Waals surface area (Å²) in [5.74, 6) is 1.05. The van der Waals surface area contributed by atoms with E-state index in [9.17, 15) is 9.59 Å². The molecule has 9 nitrogen and oxygen atoms in total. The maximum Gasteiger partial charge on any atom is 0.258 e. The van der Waals surface area contributed by atoms with Gasteiger partial charge < -0.3 is 14.2 Å². The van der Waals surface area contributed by atoms with Gasteiger partial charge in [-0.15, -0.1) is 0 Å². The third-order valence-corrected chi connectivity index (χ3v) is 8.24. The molecule has 0 saturated heterocycles. The minimum atomic E-state index is -0.266. The number of hydrogen-bond acceptors (Lipinski definition) is 6. The zero-order chi connectivity index (χ0) is 31.3. The Bertz CT molecular complexity index is 1840. The second-order valence-corrected chi connectivity index (χ2v) is 11.5. The fourth-order valence-electron chi connectivity index (χ4n) is 5.77. The Balaban J connectivity index is 1.10. The molecule has 0 atom stereocenters. The maximum atomic E-state index is 13.3. The SMILES string of the molecule is Cc1cc(NC(=O)c2cccc(Cn3cc(-c4cccc5c4CCCN5C(=O)CCCOc4cccc(C)c4C)cn3)c2)on1. The molecule has 0 unspecified atom stereocenters. The van der Waals surface area contributed by atoms with Crippen LogP contribution in [0.4, 0.5) is 11.6 Å². The largest absolute Gasteiger partial charge is 0.493 e. The summed E-state index contributed by atoms with van der Waals surface area (Å²) in [5, 5.41) is 11.2. The molecule has 3 heterocycles. The maximum absolute atomic E-state index is 13.3. The highest BCUT2D eigenvalue weighted by Crippen LogP contribution is 2.36. The van der Waals surface area contributed by atoms with Crippen LogP contribution in [0.2, 0.25) is 0 Å². The first-order valence-corrected chi connectivity index (χ1v) is 15.3. The van der Waals surface area contributed by atoms with Gasteiger partial charge in [0.1, 0.15) is 5.75 Å². The minimum absolute atomic E-state index is 0.121. The topological polar surface area (TPSA) is 102 Å². The summed E-state index contributed by atoms with van der Waals surface area (Å²) in [6.45, 7) is 7.65. The lowest BCUT2D eigenvalue weighted by atomic mass is 9.93. The molecule has 2 amide bonds. The Morgan fingerprint density at radius 2 is 1.87 bits per heavy atom. The van der Waals surface area contributed by atoms with Gasteiger partial charge in [-0.1, -0.05) is 41.6 Å². The summed E-state index contributed by atoms with van der Waals surface area (Å²) >= 11 is 0. The van der Waals surface area contributed by atoms with Gasteiger partial charge in [0.05, 0.1) is 25.0 Å². The molecule has 9 heteroatoms. The van der Waals surface area contributed by atoms with Crippen LogP contribution in [-0.4, -0.2) is 39.9 Å². The first kappa shape index (κ1) is 29.9. The number of anilines is 2. The van der Waals surface area contributed by atoms with Gasteiger partial charge >= 0.3 is 0 Å². The number of carbonyl (C=O) groups is 2. The Hall–Kier alpha value is -5.18. The summed E-state index contributed by atoms with van der Waals surface area (Å²) in [6, 6.07) is 21.3. The van der Waals surface area contributed by atoms with Gasteiger partial charge in [0.2, 0.25) is 11.8 Å². The second kappa shape index (κ2) is 13.2. The van der Waals surface area contributed by atoms with Crippen LogP contribution in [0.25, 0.3) is 11.1 Å². The van der Waals surface area contributed by atoms with E-state index in [2.05, 4.69) is 41.6 Å². The van der Waals surface area contributed by atoms with Crippen LogP contribution in [0.1, 0.15) is 57.6 Å². The summed E-state index contributed by atoms with van der Waals surface area (Å²) < 4.78 is 13.0. The molecule has 0 bridgehead atoms. The number of amides is 2. The van der Waals surface area contributed by atoms with Crippen LogP contribution >= 0.6 is 0 Å². The van der Waals surface area contributed by atoms with Crippen LogP contribution in [0.5, 0.6) is 5.75 Å². The number of aryl methyl sites for hydroxylation is 2. The van der Waals surface area contributed by atoms with Crippen molar-refractivity contribution in [3.63, 3.8) is 0 Å². The van der Waals surface area contributed by atoms with Crippen molar-refractivity contribution in [2.75, 3.05) is 23.4 Å². The van der Waals surface area contributed by atoms with E-state index in [1.54, 1.807) is 19.1 Å². The van der Waals surface area contributed by atoms with E-state index in [-0.39, 0.29) is 11.8 Å². The summed E-state index contributed by atoms with van der Waals surface area (Å²) in [4.78, 5) is 28.0. The molecule has 3 aromatic carbocycles. The Kier molecular flexibility index (Phi) is 8.77. The van der Waals surface area contributed by atoms with Crippen LogP contribution in [0.15, 0.2) is 83.6 Å². The Morgan fingerprint density at radius 3 is 2.71 bits per heavy atom. The van der Waals surface area contributed by atoms with Crippen LogP contribution < -0.4 is 15.0 Å². The van der Waals surface area contributed by atoms with Crippen molar-refractivity contribution >= 4 is 23.4 Å². The van der Waals surface area contributed by atoms with E-state index in [0.717, 1.165) is 46.5 Å². The average molecular weight is 604 g/mol. The number of hydrogen-bond donors (Lipinski definition) is 1. The number of rotatable bonds is 10. The lowest BCUT2D eigenvalue weighted by Crippen LogP contribution is -2.35. The molecule has 1 aliphatic heterocycles. The van der Waals surface area contributed by atoms with Gasteiger partial charge in [0.25, 0.3) is 5.91 Å². The molecule has 45 heavy (non-hydrogen) atoms. The zero-order valence-electron chi connectivity index (χ0n) is 25.9.